The van der Waals surface area contributed by atoms with E-state index >= 15 is 0 Å². The summed E-state index contributed by atoms with van der Waals surface area (Å²) in [6, 6.07) is 14.9. The van der Waals surface area contributed by atoms with Gasteiger partial charge in [-0.25, -0.2) is 0 Å². The number of carbonyl (C=O) groups is 2. The number of hydrogen-bond donors (Lipinski definition) is 6. The average Bonchev–Trinajstić information content (AvgIpc) is 2.77. The number of phenolic OH excluding ortho intramolecular Hbond substituents is 4. The molecule has 0 saturated heterocycles. The van der Waals surface area contributed by atoms with Gasteiger partial charge in [0.2, 0.25) is 11.8 Å². The largest absolute Gasteiger partial charge is 0.504 e. The van der Waals surface area contributed by atoms with Crippen molar-refractivity contribution in [3.63, 3.8) is 0 Å². The van der Waals surface area contributed by atoms with Crippen molar-refractivity contribution in [2.45, 2.75) is 0 Å². The fourth-order valence-corrected chi connectivity index (χ4v) is 2.64. The minimum absolute atomic E-state index is 0.242. The van der Waals surface area contributed by atoms with Crippen LogP contribution in [0.25, 0.3) is 12.2 Å². The Morgan fingerprint density at radius 3 is 1.28 bits per heavy atom. The molecule has 3 rings (SSSR count). The van der Waals surface area contributed by atoms with E-state index in [0.29, 0.717) is 22.5 Å². The first-order valence-electron chi connectivity index (χ1n) is 9.42. The molecule has 0 fully saturated rings. The normalized spacial score (nSPS) is 11.0. The van der Waals surface area contributed by atoms with E-state index in [1.807, 2.05) is 0 Å². The number of amides is 2. The van der Waals surface area contributed by atoms with Crippen LogP contribution in [0.1, 0.15) is 11.1 Å². The van der Waals surface area contributed by atoms with Crippen LogP contribution in [0.5, 0.6) is 23.0 Å². The van der Waals surface area contributed by atoms with Crippen LogP contribution in [0.15, 0.2) is 72.8 Å². The number of rotatable bonds is 6. The van der Waals surface area contributed by atoms with Crippen molar-refractivity contribution >= 4 is 35.3 Å². The second-order valence-corrected chi connectivity index (χ2v) is 6.72. The average molecular weight is 432 g/mol. The highest BCUT2D eigenvalue weighted by Crippen LogP contribution is 2.26. The third kappa shape index (κ3) is 6.14. The predicted octanol–water partition coefficient (Wildman–Crippen LogP) is 3.81. The minimum atomic E-state index is -0.394. The Kier molecular flexibility index (Phi) is 6.77. The number of nitrogens with one attached hydrogen (secondary N) is 2. The summed E-state index contributed by atoms with van der Waals surface area (Å²) >= 11 is 0. The fourth-order valence-electron chi connectivity index (χ4n) is 2.64. The highest BCUT2D eigenvalue weighted by Gasteiger charge is 2.03. The smallest absolute Gasteiger partial charge is 0.248 e. The van der Waals surface area contributed by atoms with Crippen LogP contribution >= 0.6 is 0 Å². The maximum Gasteiger partial charge on any atom is 0.248 e. The van der Waals surface area contributed by atoms with Gasteiger partial charge in [-0.3, -0.25) is 9.59 Å². The zero-order valence-corrected chi connectivity index (χ0v) is 16.7. The lowest BCUT2D eigenvalue weighted by atomic mass is 10.2. The molecule has 3 aromatic rings. The monoisotopic (exact) mass is 432 g/mol. The molecule has 162 valence electrons. The predicted molar refractivity (Wildman–Crippen MR) is 121 cm³/mol. The van der Waals surface area contributed by atoms with Crippen molar-refractivity contribution in [3.8, 4) is 23.0 Å². The number of carbonyl (C=O) groups excluding carboxylic acids is 2. The molecule has 32 heavy (non-hydrogen) atoms. The molecule has 3 aromatic carbocycles. The zero-order valence-electron chi connectivity index (χ0n) is 16.7. The van der Waals surface area contributed by atoms with Crippen LogP contribution in [0.2, 0.25) is 0 Å². The summed E-state index contributed by atoms with van der Waals surface area (Å²) in [5, 5.41) is 42.8. The van der Waals surface area contributed by atoms with Crippen molar-refractivity contribution in [3.05, 3.63) is 83.9 Å². The Balaban J connectivity index is 1.53. The molecule has 8 heteroatoms. The third-order valence-electron chi connectivity index (χ3n) is 4.27. The molecule has 0 aliphatic heterocycles. The topological polar surface area (TPSA) is 139 Å². The van der Waals surface area contributed by atoms with Gasteiger partial charge >= 0.3 is 0 Å². The molecular weight excluding hydrogens is 412 g/mol. The maximum absolute atomic E-state index is 12.0. The van der Waals surface area contributed by atoms with Gasteiger partial charge in [0.1, 0.15) is 0 Å². The quantitative estimate of drug-likeness (QED) is 0.259. The molecule has 0 heterocycles. The molecule has 0 aliphatic carbocycles. The molecule has 6 N–H and O–H groups in total. The van der Waals surface area contributed by atoms with Gasteiger partial charge < -0.3 is 31.1 Å². The van der Waals surface area contributed by atoms with Crippen LogP contribution in [0.3, 0.4) is 0 Å². The summed E-state index contributed by atoms with van der Waals surface area (Å²) in [6.45, 7) is 0. The molecule has 0 unspecified atom stereocenters. The van der Waals surface area contributed by atoms with E-state index in [9.17, 15) is 30.0 Å². The first-order chi connectivity index (χ1) is 15.3. The number of hydrogen-bond acceptors (Lipinski definition) is 6. The summed E-state index contributed by atoms with van der Waals surface area (Å²) in [4.78, 5) is 24.1. The maximum atomic E-state index is 12.0. The van der Waals surface area contributed by atoms with Crippen molar-refractivity contribution in [2.75, 3.05) is 10.6 Å². The van der Waals surface area contributed by atoms with E-state index in [1.165, 1.54) is 48.6 Å². The molecule has 0 aromatic heterocycles. The lowest BCUT2D eigenvalue weighted by Crippen LogP contribution is -2.09. The summed E-state index contributed by atoms with van der Waals surface area (Å²) in [5.41, 5.74) is 2.12. The van der Waals surface area contributed by atoms with Gasteiger partial charge in [0.25, 0.3) is 0 Å². The lowest BCUT2D eigenvalue weighted by Gasteiger charge is -2.05. The van der Waals surface area contributed by atoms with Gasteiger partial charge in [0, 0.05) is 23.5 Å². The number of benzene rings is 3. The number of aromatic hydroxyl groups is 4. The highest BCUT2D eigenvalue weighted by atomic mass is 16.3. The van der Waals surface area contributed by atoms with Gasteiger partial charge in [-0.1, -0.05) is 12.1 Å². The van der Waals surface area contributed by atoms with Gasteiger partial charge in [0.15, 0.2) is 23.0 Å². The fraction of sp³-hybridized carbons (Fsp3) is 0. The zero-order chi connectivity index (χ0) is 23.1. The van der Waals surface area contributed by atoms with Gasteiger partial charge in [-0.05, 0) is 71.8 Å². The van der Waals surface area contributed by atoms with Crippen molar-refractivity contribution in [1.82, 2.24) is 0 Å². The van der Waals surface area contributed by atoms with Gasteiger partial charge in [-0.2, -0.15) is 0 Å². The molecule has 0 radical (unpaired) electrons. The Hall–Kier alpha value is -4.72. The van der Waals surface area contributed by atoms with E-state index in [1.54, 1.807) is 36.4 Å². The first-order valence-corrected chi connectivity index (χ1v) is 9.42. The molecule has 8 nitrogen and oxygen atoms in total. The third-order valence-corrected chi connectivity index (χ3v) is 4.27. The van der Waals surface area contributed by atoms with Crippen molar-refractivity contribution in [2.24, 2.45) is 0 Å². The SMILES string of the molecule is O=C(C=Cc1ccc(O)c(O)c1)Nc1ccc(NC(=O)/C=C/c2ccc(O)c(O)c2)cc1. The van der Waals surface area contributed by atoms with E-state index in [2.05, 4.69) is 10.6 Å². The van der Waals surface area contributed by atoms with E-state index in [-0.39, 0.29) is 23.0 Å². The number of phenols is 4. The Morgan fingerprint density at radius 1 is 0.562 bits per heavy atom. The van der Waals surface area contributed by atoms with Crippen LogP contribution in [-0.2, 0) is 9.59 Å². The van der Waals surface area contributed by atoms with Crippen LogP contribution < -0.4 is 10.6 Å². The summed E-state index contributed by atoms with van der Waals surface area (Å²) < 4.78 is 0. The molecular formula is C24H20N2O6. The first kappa shape index (κ1) is 22.0. The molecule has 2 amide bonds. The second-order valence-electron chi connectivity index (χ2n) is 6.72. The molecule has 0 atom stereocenters. The highest BCUT2D eigenvalue weighted by molar-refractivity contribution is 6.03. The van der Waals surface area contributed by atoms with Crippen molar-refractivity contribution in [1.29, 1.82) is 0 Å². The van der Waals surface area contributed by atoms with E-state index in [0.717, 1.165) is 0 Å². The molecule has 0 saturated carbocycles. The Labute approximate surface area is 183 Å². The van der Waals surface area contributed by atoms with E-state index < -0.39 is 11.8 Å². The Morgan fingerprint density at radius 2 is 0.938 bits per heavy atom. The second kappa shape index (κ2) is 9.86. The van der Waals surface area contributed by atoms with Gasteiger partial charge in [-0.15, -0.1) is 0 Å². The van der Waals surface area contributed by atoms with Gasteiger partial charge in [0.05, 0.1) is 0 Å². The van der Waals surface area contributed by atoms with E-state index in [4.69, 9.17) is 0 Å². The molecule has 0 bridgehead atoms. The summed E-state index contributed by atoms with van der Waals surface area (Å²) in [7, 11) is 0. The molecule has 0 aliphatic rings. The van der Waals surface area contributed by atoms with Crippen LogP contribution in [0, 0.1) is 0 Å². The number of anilines is 2. The standard InChI is InChI=1S/C24H20N2O6/c27-19-9-1-15(13-21(19)29)3-11-23(31)25-17-5-7-18(8-6-17)26-24(32)12-4-16-2-10-20(28)22(30)14-16/h1-14,27-30H,(H,25,31)(H,26,32)/b11-3+,12-4?. The van der Waals surface area contributed by atoms with Crippen LogP contribution in [-0.4, -0.2) is 32.2 Å². The summed E-state index contributed by atoms with van der Waals surface area (Å²) in [5.74, 6) is -1.82. The van der Waals surface area contributed by atoms with Crippen LogP contribution in [0.4, 0.5) is 11.4 Å². The summed E-state index contributed by atoms with van der Waals surface area (Å²) in [6.07, 6.45) is 5.55. The lowest BCUT2D eigenvalue weighted by molar-refractivity contribution is -0.112. The minimum Gasteiger partial charge on any atom is -0.504 e. The molecule has 0 spiro atoms. The van der Waals surface area contributed by atoms with Crippen molar-refractivity contribution < 1.29 is 30.0 Å². The Bertz CT molecular complexity index is 1110.